The highest BCUT2D eigenvalue weighted by molar-refractivity contribution is 7.99. The van der Waals surface area contributed by atoms with Crippen LogP contribution in [0.3, 0.4) is 0 Å². The zero-order valence-electron chi connectivity index (χ0n) is 8.75. The maximum absolute atomic E-state index is 5.94. The second kappa shape index (κ2) is 3.44. The molecule has 13 heavy (non-hydrogen) atoms. The monoisotopic (exact) mass is 201 g/mol. The molecule has 2 saturated heterocycles. The van der Waals surface area contributed by atoms with E-state index in [9.17, 15) is 0 Å². The third-order valence-corrected chi connectivity index (χ3v) is 3.82. The standard InChI is InChI=1S/C10H19NOS/c1-10(2,3)11-8-4-5-13-7-9(6-8)12-11/h8-9H,4-7H2,1-3H3/t8-,9-/m1/s1. The molecule has 0 aliphatic carbocycles. The Morgan fingerprint density at radius 3 is 2.85 bits per heavy atom. The maximum atomic E-state index is 5.94. The van der Waals surface area contributed by atoms with Gasteiger partial charge in [-0.25, -0.2) is 0 Å². The fraction of sp³-hybridized carbons (Fsp3) is 1.00. The van der Waals surface area contributed by atoms with Gasteiger partial charge in [-0.3, -0.25) is 4.84 Å². The van der Waals surface area contributed by atoms with Gasteiger partial charge in [-0.1, -0.05) is 0 Å². The molecule has 0 spiro atoms. The van der Waals surface area contributed by atoms with Crippen LogP contribution in [0.5, 0.6) is 0 Å². The van der Waals surface area contributed by atoms with E-state index >= 15 is 0 Å². The summed E-state index contributed by atoms with van der Waals surface area (Å²) >= 11 is 2.04. The average molecular weight is 201 g/mol. The van der Waals surface area contributed by atoms with Gasteiger partial charge in [0.15, 0.2) is 0 Å². The minimum Gasteiger partial charge on any atom is -0.294 e. The summed E-state index contributed by atoms with van der Waals surface area (Å²) in [5.74, 6) is 2.49. The van der Waals surface area contributed by atoms with Crippen LogP contribution in [0.4, 0.5) is 0 Å². The van der Waals surface area contributed by atoms with Crippen molar-refractivity contribution in [2.24, 2.45) is 0 Å². The van der Waals surface area contributed by atoms with Crippen LogP contribution in [-0.4, -0.2) is 34.3 Å². The van der Waals surface area contributed by atoms with E-state index in [4.69, 9.17) is 4.84 Å². The van der Waals surface area contributed by atoms with E-state index in [0.29, 0.717) is 12.1 Å². The summed E-state index contributed by atoms with van der Waals surface area (Å²) in [6.07, 6.45) is 3.01. The first-order chi connectivity index (χ1) is 6.07. The molecule has 0 aromatic carbocycles. The summed E-state index contributed by atoms with van der Waals surface area (Å²) in [4.78, 5) is 5.94. The van der Waals surface area contributed by atoms with E-state index in [-0.39, 0.29) is 5.54 Å². The van der Waals surface area contributed by atoms with Gasteiger partial charge in [0.05, 0.1) is 6.10 Å². The quantitative estimate of drug-likeness (QED) is 0.596. The molecule has 2 bridgehead atoms. The normalized spacial score (nSPS) is 36.2. The third-order valence-electron chi connectivity index (χ3n) is 2.69. The van der Waals surface area contributed by atoms with Gasteiger partial charge < -0.3 is 0 Å². The van der Waals surface area contributed by atoms with Crippen molar-refractivity contribution >= 4 is 11.8 Å². The molecular formula is C10H19NOS. The van der Waals surface area contributed by atoms with Crippen molar-refractivity contribution in [2.45, 2.75) is 51.3 Å². The van der Waals surface area contributed by atoms with Gasteiger partial charge in [0, 0.05) is 17.3 Å². The van der Waals surface area contributed by atoms with Crippen LogP contribution in [-0.2, 0) is 4.84 Å². The van der Waals surface area contributed by atoms with E-state index in [1.807, 2.05) is 11.8 Å². The smallest absolute Gasteiger partial charge is 0.0899 e. The first kappa shape index (κ1) is 9.81. The van der Waals surface area contributed by atoms with Gasteiger partial charge in [-0.15, -0.1) is 0 Å². The number of thioether (sulfide) groups is 1. The summed E-state index contributed by atoms with van der Waals surface area (Å²) in [5.41, 5.74) is 0.168. The van der Waals surface area contributed by atoms with Crippen LogP contribution in [0.2, 0.25) is 0 Å². The SMILES string of the molecule is CC(C)(C)N1O[C@H]2CSCC[C@@H]1C2. The molecule has 0 unspecified atom stereocenters. The zero-order chi connectivity index (χ0) is 9.47. The van der Waals surface area contributed by atoms with E-state index in [1.165, 1.54) is 24.3 Å². The van der Waals surface area contributed by atoms with Crippen molar-refractivity contribution in [3.63, 3.8) is 0 Å². The largest absolute Gasteiger partial charge is 0.294 e. The van der Waals surface area contributed by atoms with E-state index in [2.05, 4.69) is 25.8 Å². The van der Waals surface area contributed by atoms with Crippen molar-refractivity contribution in [3.05, 3.63) is 0 Å². The fourth-order valence-electron chi connectivity index (χ4n) is 2.16. The molecule has 2 aliphatic heterocycles. The first-order valence-electron chi connectivity index (χ1n) is 5.11. The Hall–Kier alpha value is 0.270. The molecule has 76 valence electrons. The minimum absolute atomic E-state index is 0.168. The van der Waals surface area contributed by atoms with E-state index in [0.717, 1.165) is 0 Å². The van der Waals surface area contributed by atoms with Crippen LogP contribution in [0.25, 0.3) is 0 Å². The molecule has 0 aromatic heterocycles. The fourth-order valence-corrected chi connectivity index (χ4v) is 3.23. The lowest BCUT2D eigenvalue weighted by atomic mass is 10.0. The lowest BCUT2D eigenvalue weighted by Gasteiger charge is -2.35. The minimum atomic E-state index is 0.168. The molecule has 2 fully saturated rings. The predicted molar refractivity (Wildman–Crippen MR) is 56.8 cm³/mol. The maximum Gasteiger partial charge on any atom is 0.0899 e. The molecule has 0 amide bonds. The number of hydroxylamine groups is 2. The summed E-state index contributed by atoms with van der Waals surface area (Å²) < 4.78 is 0. The Morgan fingerprint density at radius 1 is 1.38 bits per heavy atom. The summed E-state index contributed by atoms with van der Waals surface area (Å²) in [6, 6.07) is 0.667. The molecule has 2 nitrogen and oxygen atoms in total. The highest BCUT2D eigenvalue weighted by Crippen LogP contribution is 2.35. The molecule has 2 heterocycles. The first-order valence-corrected chi connectivity index (χ1v) is 6.27. The summed E-state index contributed by atoms with van der Waals surface area (Å²) in [7, 11) is 0. The second-order valence-corrected chi connectivity index (χ2v) is 6.13. The van der Waals surface area contributed by atoms with Crippen LogP contribution in [0.1, 0.15) is 33.6 Å². The van der Waals surface area contributed by atoms with Gasteiger partial charge in [-0.05, 0) is 39.4 Å². The van der Waals surface area contributed by atoms with Crippen LogP contribution < -0.4 is 0 Å². The Kier molecular flexibility index (Phi) is 2.60. The summed E-state index contributed by atoms with van der Waals surface area (Å²) in [6.45, 7) is 6.70. The Morgan fingerprint density at radius 2 is 2.15 bits per heavy atom. The van der Waals surface area contributed by atoms with Crippen LogP contribution in [0, 0.1) is 0 Å². The molecule has 3 heteroatoms. The second-order valence-electron chi connectivity index (χ2n) is 4.98. The van der Waals surface area contributed by atoms with Gasteiger partial charge in [0.25, 0.3) is 0 Å². The molecule has 0 radical (unpaired) electrons. The number of fused-ring (bicyclic) bond motifs is 2. The van der Waals surface area contributed by atoms with Crippen molar-refractivity contribution in [1.82, 2.24) is 5.06 Å². The lowest BCUT2D eigenvalue weighted by Crippen LogP contribution is -2.44. The Bertz CT molecular complexity index is 190. The Balaban J connectivity index is 2.08. The van der Waals surface area contributed by atoms with Crippen LogP contribution >= 0.6 is 11.8 Å². The van der Waals surface area contributed by atoms with Crippen molar-refractivity contribution < 1.29 is 4.84 Å². The van der Waals surface area contributed by atoms with Gasteiger partial charge in [0.1, 0.15) is 0 Å². The van der Waals surface area contributed by atoms with Crippen molar-refractivity contribution in [1.29, 1.82) is 0 Å². The molecule has 2 rings (SSSR count). The molecule has 2 atom stereocenters. The molecule has 0 N–H and O–H groups in total. The number of rotatable bonds is 0. The highest BCUT2D eigenvalue weighted by atomic mass is 32.2. The van der Waals surface area contributed by atoms with E-state index < -0.39 is 0 Å². The molecule has 0 aromatic rings. The number of hydrogen-bond acceptors (Lipinski definition) is 3. The van der Waals surface area contributed by atoms with Crippen molar-refractivity contribution in [2.75, 3.05) is 11.5 Å². The average Bonchev–Trinajstić information content (AvgIpc) is 2.22. The molecule has 2 aliphatic rings. The third kappa shape index (κ3) is 2.03. The van der Waals surface area contributed by atoms with Crippen LogP contribution in [0.15, 0.2) is 0 Å². The van der Waals surface area contributed by atoms with Gasteiger partial charge in [-0.2, -0.15) is 16.8 Å². The molecule has 0 saturated carbocycles. The summed E-state index contributed by atoms with van der Waals surface area (Å²) in [5, 5.41) is 2.23. The highest BCUT2D eigenvalue weighted by Gasteiger charge is 2.40. The Labute approximate surface area is 85.0 Å². The van der Waals surface area contributed by atoms with Gasteiger partial charge >= 0.3 is 0 Å². The van der Waals surface area contributed by atoms with Crippen molar-refractivity contribution in [3.8, 4) is 0 Å². The van der Waals surface area contributed by atoms with Gasteiger partial charge in [0.2, 0.25) is 0 Å². The lowest BCUT2D eigenvalue weighted by molar-refractivity contribution is -0.208. The van der Waals surface area contributed by atoms with E-state index in [1.54, 1.807) is 0 Å². The zero-order valence-corrected chi connectivity index (χ0v) is 9.56. The predicted octanol–water partition coefficient (Wildman–Crippen LogP) is 2.30. The number of hydrogen-bond donors (Lipinski definition) is 0. The molecular weight excluding hydrogens is 182 g/mol. The number of nitrogens with zero attached hydrogens (tertiary/aromatic N) is 1. The topological polar surface area (TPSA) is 12.5 Å².